The van der Waals surface area contributed by atoms with Gasteiger partial charge in [-0.1, -0.05) is 48.5 Å². The SMILES string of the molecule is O=C(NCC1(c2ccccc2)CCOCC1)C(=O)Nc1ccccc1. The van der Waals surface area contributed by atoms with Crippen LogP contribution in [0, 0.1) is 0 Å². The molecule has 5 nitrogen and oxygen atoms in total. The van der Waals surface area contributed by atoms with Gasteiger partial charge in [-0.2, -0.15) is 0 Å². The van der Waals surface area contributed by atoms with Crippen LogP contribution in [0.1, 0.15) is 18.4 Å². The zero-order chi connectivity index (χ0) is 17.5. The van der Waals surface area contributed by atoms with E-state index in [0.29, 0.717) is 25.4 Å². The summed E-state index contributed by atoms with van der Waals surface area (Å²) in [5, 5.41) is 5.41. The van der Waals surface area contributed by atoms with Crippen LogP contribution in [-0.4, -0.2) is 31.6 Å². The van der Waals surface area contributed by atoms with Crippen molar-refractivity contribution in [3.8, 4) is 0 Å². The number of anilines is 1. The van der Waals surface area contributed by atoms with Crippen LogP contribution >= 0.6 is 0 Å². The third-order valence-electron chi connectivity index (χ3n) is 4.66. The minimum Gasteiger partial charge on any atom is -0.381 e. The van der Waals surface area contributed by atoms with E-state index in [2.05, 4.69) is 22.8 Å². The van der Waals surface area contributed by atoms with Gasteiger partial charge in [0.2, 0.25) is 0 Å². The third kappa shape index (κ3) is 4.25. The second-order valence-electron chi connectivity index (χ2n) is 6.26. The molecule has 0 radical (unpaired) electrons. The maximum absolute atomic E-state index is 12.2. The lowest BCUT2D eigenvalue weighted by atomic mass is 9.74. The quantitative estimate of drug-likeness (QED) is 0.842. The van der Waals surface area contributed by atoms with E-state index in [1.54, 1.807) is 24.3 Å². The van der Waals surface area contributed by atoms with E-state index in [1.807, 2.05) is 24.3 Å². The fraction of sp³-hybridized carbons (Fsp3) is 0.300. The van der Waals surface area contributed by atoms with Gasteiger partial charge in [0.05, 0.1) is 0 Å². The van der Waals surface area contributed by atoms with E-state index in [-0.39, 0.29) is 5.41 Å². The average Bonchev–Trinajstić information content (AvgIpc) is 2.68. The lowest BCUT2D eigenvalue weighted by molar-refractivity contribution is -0.136. The number of carbonyl (C=O) groups is 2. The molecule has 0 atom stereocenters. The standard InChI is InChI=1S/C20H22N2O3/c23-18(19(24)22-17-9-5-2-6-10-17)21-15-20(11-13-25-14-12-20)16-7-3-1-4-8-16/h1-10H,11-15H2,(H,21,23)(H,22,24). The van der Waals surface area contributed by atoms with E-state index in [4.69, 9.17) is 4.74 Å². The lowest BCUT2D eigenvalue weighted by Crippen LogP contribution is -2.47. The first-order valence-corrected chi connectivity index (χ1v) is 8.47. The second-order valence-corrected chi connectivity index (χ2v) is 6.26. The van der Waals surface area contributed by atoms with Gasteiger partial charge >= 0.3 is 11.8 Å². The Morgan fingerprint density at radius 3 is 2.12 bits per heavy atom. The number of amides is 2. The Labute approximate surface area is 147 Å². The van der Waals surface area contributed by atoms with Gasteiger partial charge in [-0.05, 0) is 30.5 Å². The molecule has 1 aliphatic rings. The molecule has 25 heavy (non-hydrogen) atoms. The van der Waals surface area contributed by atoms with Gasteiger partial charge in [-0.15, -0.1) is 0 Å². The fourth-order valence-corrected chi connectivity index (χ4v) is 3.16. The molecular weight excluding hydrogens is 316 g/mol. The van der Waals surface area contributed by atoms with Crippen LogP contribution in [0.3, 0.4) is 0 Å². The molecule has 0 unspecified atom stereocenters. The van der Waals surface area contributed by atoms with Gasteiger partial charge in [0, 0.05) is 30.9 Å². The largest absolute Gasteiger partial charge is 0.381 e. The normalized spacial score (nSPS) is 16.0. The molecule has 3 rings (SSSR count). The zero-order valence-corrected chi connectivity index (χ0v) is 14.0. The molecule has 5 heteroatoms. The summed E-state index contributed by atoms with van der Waals surface area (Å²) in [4.78, 5) is 24.3. The van der Waals surface area contributed by atoms with Crippen molar-refractivity contribution >= 4 is 17.5 Å². The van der Waals surface area contributed by atoms with Crippen LogP contribution < -0.4 is 10.6 Å². The van der Waals surface area contributed by atoms with Crippen molar-refractivity contribution in [3.05, 3.63) is 66.2 Å². The maximum Gasteiger partial charge on any atom is 0.313 e. The molecule has 130 valence electrons. The first-order chi connectivity index (χ1) is 12.2. The van der Waals surface area contributed by atoms with E-state index < -0.39 is 11.8 Å². The molecule has 1 heterocycles. The fourth-order valence-electron chi connectivity index (χ4n) is 3.16. The van der Waals surface area contributed by atoms with Crippen molar-refractivity contribution in [2.75, 3.05) is 25.1 Å². The van der Waals surface area contributed by atoms with Crippen LogP contribution in [0.25, 0.3) is 0 Å². The zero-order valence-electron chi connectivity index (χ0n) is 14.0. The van der Waals surface area contributed by atoms with Crippen LogP contribution in [0.2, 0.25) is 0 Å². The van der Waals surface area contributed by atoms with E-state index >= 15 is 0 Å². The molecule has 2 N–H and O–H groups in total. The number of ether oxygens (including phenoxy) is 1. The number of hydrogen-bond acceptors (Lipinski definition) is 3. The Balaban J connectivity index is 1.65. The number of hydrogen-bond donors (Lipinski definition) is 2. The highest BCUT2D eigenvalue weighted by molar-refractivity contribution is 6.39. The maximum atomic E-state index is 12.2. The van der Waals surface area contributed by atoms with Crippen LogP contribution in [0.15, 0.2) is 60.7 Å². The number of carbonyl (C=O) groups excluding carboxylic acids is 2. The summed E-state index contributed by atoms with van der Waals surface area (Å²) in [6.45, 7) is 1.73. The summed E-state index contributed by atoms with van der Waals surface area (Å²) in [7, 11) is 0. The van der Waals surface area contributed by atoms with E-state index in [9.17, 15) is 9.59 Å². The van der Waals surface area contributed by atoms with Gasteiger partial charge in [0.25, 0.3) is 0 Å². The first kappa shape index (κ1) is 17.2. The smallest absolute Gasteiger partial charge is 0.313 e. The van der Waals surface area contributed by atoms with E-state index in [1.165, 1.54) is 5.56 Å². The monoisotopic (exact) mass is 338 g/mol. The predicted molar refractivity (Wildman–Crippen MR) is 96.3 cm³/mol. The van der Waals surface area contributed by atoms with Crippen molar-refractivity contribution < 1.29 is 14.3 Å². The minimum atomic E-state index is -0.651. The summed E-state index contributed by atoms with van der Waals surface area (Å²) in [6.07, 6.45) is 1.63. The summed E-state index contributed by atoms with van der Waals surface area (Å²) in [6, 6.07) is 19.1. The number of rotatable bonds is 4. The van der Waals surface area contributed by atoms with Crippen molar-refractivity contribution in [2.24, 2.45) is 0 Å². The predicted octanol–water partition coefficient (Wildman–Crippen LogP) is 2.49. The molecule has 2 aromatic rings. The van der Waals surface area contributed by atoms with E-state index in [0.717, 1.165) is 12.8 Å². The minimum absolute atomic E-state index is 0.192. The molecule has 1 aliphatic heterocycles. The van der Waals surface area contributed by atoms with Gasteiger partial charge in [-0.3, -0.25) is 9.59 Å². The van der Waals surface area contributed by atoms with Crippen molar-refractivity contribution in [2.45, 2.75) is 18.3 Å². The van der Waals surface area contributed by atoms with Crippen molar-refractivity contribution in [1.82, 2.24) is 5.32 Å². The number of nitrogens with one attached hydrogen (secondary N) is 2. The molecule has 2 amide bonds. The molecule has 0 spiro atoms. The van der Waals surface area contributed by atoms with Gasteiger partial charge in [0.15, 0.2) is 0 Å². The molecule has 0 bridgehead atoms. The highest BCUT2D eigenvalue weighted by Gasteiger charge is 2.35. The Morgan fingerprint density at radius 2 is 1.48 bits per heavy atom. The van der Waals surface area contributed by atoms with Gasteiger partial charge < -0.3 is 15.4 Å². The Bertz CT molecular complexity index is 710. The molecule has 0 aliphatic carbocycles. The molecule has 1 fully saturated rings. The third-order valence-corrected chi connectivity index (χ3v) is 4.66. The van der Waals surface area contributed by atoms with Gasteiger partial charge in [0.1, 0.15) is 0 Å². The lowest BCUT2D eigenvalue weighted by Gasteiger charge is -2.37. The number of para-hydroxylation sites is 1. The number of benzene rings is 2. The molecule has 2 aromatic carbocycles. The van der Waals surface area contributed by atoms with Crippen molar-refractivity contribution in [1.29, 1.82) is 0 Å². The highest BCUT2D eigenvalue weighted by Crippen LogP contribution is 2.34. The summed E-state index contributed by atoms with van der Waals surface area (Å²) < 4.78 is 5.49. The molecule has 0 aromatic heterocycles. The summed E-state index contributed by atoms with van der Waals surface area (Å²) >= 11 is 0. The summed E-state index contributed by atoms with van der Waals surface area (Å²) in [5.41, 5.74) is 1.58. The topological polar surface area (TPSA) is 67.4 Å². The molecule has 0 saturated carbocycles. The summed E-state index contributed by atoms with van der Waals surface area (Å²) in [5.74, 6) is -1.27. The highest BCUT2D eigenvalue weighted by atomic mass is 16.5. The van der Waals surface area contributed by atoms with Crippen molar-refractivity contribution in [3.63, 3.8) is 0 Å². The Kier molecular flexibility index (Phi) is 5.46. The Morgan fingerprint density at radius 1 is 0.880 bits per heavy atom. The van der Waals surface area contributed by atoms with Gasteiger partial charge in [-0.25, -0.2) is 0 Å². The first-order valence-electron chi connectivity index (χ1n) is 8.47. The van der Waals surface area contributed by atoms with Crippen LogP contribution in [0.5, 0.6) is 0 Å². The van der Waals surface area contributed by atoms with Crippen LogP contribution in [-0.2, 0) is 19.7 Å². The molecular formula is C20H22N2O3. The average molecular weight is 338 g/mol. The second kappa shape index (κ2) is 7.94. The van der Waals surface area contributed by atoms with Crippen LogP contribution in [0.4, 0.5) is 5.69 Å². The molecule has 1 saturated heterocycles. The Hall–Kier alpha value is -2.66.